The highest BCUT2D eigenvalue weighted by Gasteiger charge is 2.10. The van der Waals surface area contributed by atoms with Crippen LogP contribution in [0, 0.1) is 0 Å². The fourth-order valence-electron chi connectivity index (χ4n) is 1.47. The summed E-state index contributed by atoms with van der Waals surface area (Å²) in [5.74, 6) is 1.72. The predicted molar refractivity (Wildman–Crippen MR) is 62.9 cm³/mol. The summed E-state index contributed by atoms with van der Waals surface area (Å²) in [7, 11) is 3.62. The number of aromatic nitrogens is 2. The van der Waals surface area contributed by atoms with Gasteiger partial charge < -0.3 is 9.30 Å². The third-order valence-corrected chi connectivity index (χ3v) is 3.02. The second-order valence-electron chi connectivity index (χ2n) is 3.16. The number of ether oxygens (including phenoxy) is 1. The Morgan fingerprint density at radius 3 is 2.67 bits per heavy atom. The molecule has 2 rings (SSSR count). The van der Waals surface area contributed by atoms with Gasteiger partial charge in [-0.25, -0.2) is 4.98 Å². The van der Waals surface area contributed by atoms with Crippen molar-refractivity contribution in [2.45, 2.75) is 0 Å². The highest BCUT2D eigenvalue weighted by Crippen LogP contribution is 2.29. The molecule has 0 aliphatic heterocycles. The molecule has 78 valence electrons. The van der Waals surface area contributed by atoms with Crippen molar-refractivity contribution in [2.24, 2.45) is 7.05 Å². The average Bonchev–Trinajstić information content (AvgIpc) is 2.60. The first-order valence-corrected chi connectivity index (χ1v) is 5.34. The van der Waals surface area contributed by atoms with Gasteiger partial charge >= 0.3 is 0 Å². The lowest BCUT2D eigenvalue weighted by atomic mass is 10.2. The first kappa shape index (κ1) is 10.2. The Morgan fingerprint density at radius 2 is 2.07 bits per heavy atom. The van der Waals surface area contributed by atoms with Crippen molar-refractivity contribution >= 4 is 15.9 Å². The molecule has 15 heavy (non-hydrogen) atoms. The largest absolute Gasteiger partial charge is 0.496 e. The van der Waals surface area contributed by atoms with E-state index in [1.54, 1.807) is 13.3 Å². The van der Waals surface area contributed by atoms with E-state index in [1.165, 1.54) is 0 Å². The van der Waals surface area contributed by atoms with Crippen LogP contribution in [-0.4, -0.2) is 16.7 Å². The van der Waals surface area contributed by atoms with E-state index < -0.39 is 0 Å². The molecule has 0 radical (unpaired) electrons. The van der Waals surface area contributed by atoms with Gasteiger partial charge in [-0.1, -0.05) is 12.1 Å². The zero-order chi connectivity index (χ0) is 10.8. The van der Waals surface area contributed by atoms with Crippen molar-refractivity contribution in [1.29, 1.82) is 0 Å². The molecule has 0 aliphatic rings. The van der Waals surface area contributed by atoms with Gasteiger partial charge in [0.25, 0.3) is 0 Å². The zero-order valence-electron chi connectivity index (χ0n) is 8.57. The molecule has 4 heteroatoms. The van der Waals surface area contributed by atoms with Crippen LogP contribution in [0.25, 0.3) is 11.4 Å². The van der Waals surface area contributed by atoms with Gasteiger partial charge in [0, 0.05) is 7.05 Å². The molecule has 2 aromatic rings. The maximum absolute atomic E-state index is 5.30. The Balaban J connectivity index is 2.58. The number of benzene rings is 1. The number of para-hydroxylation sites is 1. The summed E-state index contributed by atoms with van der Waals surface area (Å²) in [5.41, 5.74) is 0.994. The summed E-state index contributed by atoms with van der Waals surface area (Å²) in [4.78, 5) is 4.33. The zero-order valence-corrected chi connectivity index (χ0v) is 10.2. The minimum Gasteiger partial charge on any atom is -0.496 e. The van der Waals surface area contributed by atoms with Gasteiger partial charge in [-0.15, -0.1) is 0 Å². The van der Waals surface area contributed by atoms with Crippen LogP contribution in [0.15, 0.2) is 35.1 Å². The van der Waals surface area contributed by atoms with Crippen LogP contribution in [0.4, 0.5) is 0 Å². The molecular formula is C11H11BrN2O. The van der Waals surface area contributed by atoms with E-state index in [0.717, 1.165) is 21.7 Å². The lowest BCUT2D eigenvalue weighted by Gasteiger charge is -2.07. The van der Waals surface area contributed by atoms with E-state index in [2.05, 4.69) is 20.9 Å². The summed E-state index contributed by atoms with van der Waals surface area (Å²) < 4.78 is 8.21. The summed E-state index contributed by atoms with van der Waals surface area (Å²) in [6, 6.07) is 7.84. The van der Waals surface area contributed by atoms with E-state index in [0.29, 0.717) is 0 Å². The van der Waals surface area contributed by atoms with Crippen LogP contribution in [0.3, 0.4) is 0 Å². The van der Waals surface area contributed by atoms with E-state index in [1.807, 2.05) is 35.9 Å². The van der Waals surface area contributed by atoms with Crippen LogP contribution >= 0.6 is 15.9 Å². The van der Waals surface area contributed by atoms with Crippen LogP contribution in [-0.2, 0) is 7.05 Å². The fraction of sp³-hybridized carbons (Fsp3) is 0.182. The van der Waals surface area contributed by atoms with Crippen molar-refractivity contribution in [2.75, 3.05) is 7.11 Å². The van der Waals surface area contributed by atoms with Crippen molar-refractivity contribution in [1.82, 2.24) is 9.55 Å². The quantitative estimate of drug-likeness (QED) is 0.836. The molecule has 1 aromatic carbocycles. The van der Waals surface area contributed by atoms with Gasteiger partial charge in [0.2, 0.25) is 0 Å². The molecule has 3 nitrogen and oxygen atoms in total. The standard InChI is InChI=1S/C11H11BrN2O/c1-14-10(12)7-13-11(14)8-5-3-4-6-9(8)15-2/h3-7H,1-2H3. The number of nitrogens with zero attached hydrogens (tertiary/aromatic N) is 2. The molecule has 0 bridgehead atoms. The van der Waals surface area contributed by atoms with Gasteiger partial charge in [-0.2, -0.15) is 0 Å². The maximum Gasteiger partial charge on any atom is 0.144 e. The van der Waals surface area contributed by atoms with E-state index in [4.69, 9.17) is 4.74 Å². The number of methoxy groups -OCH3 is 1. The molecule has 0 saturated heterocycles. The Morgan fingerprint density at radius 1 is 1.33 bits per heavy atom. The first-order chi connectivity index (χ1) is 7.24. The molecule has 0 N–H and O–H groups in total. The molecule has 1 aromatic heterocycles. The molecular weight excluding hydrogens is 256 g/mol. The third kappa shape index (κ3) is 1.77. The Kier molecular flexibility index (Phi) is 2.77. The summed E-state index contributed by atoms with van der Waals surface area (Å²) >= 11 is 3.42. The summed E-state index contributed by atoms with van der Waals surface area (Å²) in [6.45, 7) is 0. The second-order valence-corrected chi connectivity index (χ2v) is 3.98. The number of imidazole rings is 1. The third-order valence-electron chi connectivity index (χ3n) is 2.28. The van der Waals surface area contributed by atoms with Crippen LogP contribution < -0.4 is 4.74 Å². The maximum atomic E-state index is 5.30. The van der Waals surface area contributed by atoms with Gasteiger partial charge in [-0.05, 0) is 28.1 Å². The van der Waals surface area contributed by atoms with E-state index in [9.17, 15) is 0 Å². The number of hydrogen-bond acceptors (Lipinski definition) is 2. The first-order valence-electron chi connectivity index (χ1n) is 4.54. The molecule has 1 heterocycles. The number of halogens is 1. The van der Waals surface area contributed by atoms with Crippen LogP contribution in [0.1, 0.15) is 0 Å². The smallest absolute Gasteiger partial charge is 0.144 e. The van der Waals surface area contributed by atoms with Gasteiger partial charge in [0.1, 0.15) is 16.2 Å². The van der Waals surface area contributed by atoms with Crippen LogP contribution in [0.2, 0.25) is 0 Å². The van der Waals surface area contributed by atoms with Crippen molar-refractivity contribution in [3.63, 3.8) is 0 Å². The normalized spacial score (nSPS) is 10.3. The summed E-state index contributed by atoms with van der Waals surface area (Å²) in [5, 5.41) is 0. The number of hydrogen-bond donors (Lipinski definition) is 0. The topological polar surface area (TPSA) is 27.1 Å². The van der Waals surface area contributed by atoms with Gasteiger partial charge in [-0.3, -0.25) is 0 Å². The second kappa shape index (κ2) is 4.06. The summed E-state index contributed by atoms with van der Waals surface area (Å²) in [6.07, 6.45) is 1.78. The van der Waals surface area contributed by atoms with E-state index >= 15 is 0 Å². The monoisotopic (exact) mass is 266 g/mol. The minimum atomic E-state index is 0.832. The van der Waals surface area contributed by atoms with Crippen molar-refractivity contribution in [3.8, 4) is 17.1 Å². The average molecular weight is 267 g/mol. The van der Waals surface area contributed by atoms with Gasteiger partial charge in [0.05, 0.1) is 18.9 Å². The Bertz CT molecular complexity index is 479. The molecule has 0 unspecified atom stereocenters. The molecule has 0 amide bonds. The fourth-order valence-corrected chi connectivity index (χ4v) is 1.74. The predicted octanol–water partition coefficient (Wildman–Crippen LogP) is 2.86. The van der Waals surface area contributed by atoms with Crippen molar-refractivity contribution in [3.05, 3.63) is 35.1 Å². The lowest BCUT2D eigenvalue weighted by molar-refractivity contribution is 0.416. The SMILES string of the molecule is COc1ccccc1-c1ncc(Br)n1C. The molecule has 0 aliphatic carbocycles. The molecule has 0 fully saturated rings. The lowest BCUT2D eigenvalue weighted by Crippen LogP contribution is -1.95. The Hall–Kier alpha value is -1.29. The highest BCUT2D eigenvalue weighted by molar-refractivity contribution is 9.10. The molecule has 0 atom stereocenters. The minimum absolute atomic E-state index is 0.832. The Labute approximate surface area is 96.8 Å². The molecule has 0 spiro atoms. The number of rotatable bonds is 2. The van der Waals surface area contributed by atoms with Gasteiger partial charge in [0.15, 0.2) is 0 Å². The van der Waals surface area contributed by atoms with Crippen LogP contribution in [0.5, 0.6) is 5.75 Å². The molecule has 0 saturated carbocycles. The van der Waals surface area contributed by atoms with E-state index in [-0.39, 0.29) is 0 Å². The highest BCUT2D eigenvalue weighted by atomic mass is 79.9. The van der Waals surface area contributed by atoms with Crippen molar-refractivity contribution < 1.29 is 4.74 Å².